The smallest absolute Gasteiger partial charge is 0.264 e. The highest BCUT2D eigenvalue weighted by molar-refractivity contribution is 7.85. The van der Waals surface area contributed by atoms with Gasteiger partial charge < -0.3 is 11.5 Å². The van der Waals surface area contributed by atoms with Crippen LogP contribution < -0.4 is 11.5 Å². The molecule has 0 aliphatic heterocycles. The number of nitrogen functional groups attached to an aromatic ring is 2. The minimum Gasteiger partial charge on any atom is -0.394 e. The van der Waals surface area contributed by atoms with Gasteiger partial charge in [0.1, 0.15) is 5.82 Å². The standard InChI is InChI=1S/C9H18N4O3S/c1-7(3-5-17(14,15)16)2-4-13-9(11)8(10)6-12-13/h6-7H,2-5,10-11H2,1H3,(H,14,15,16). The summed E-state index contributed by atoms with van der Waals surface area (Å²) in [6.45, 7) is 2.49. The number of aryl methyl sites for hydroxylation is 1. The van der Waals surface area contributed by atoms with E-state index in [2.05, 4.69) is 5.10 Å². The van der Waals surface area contributed by atoms with Crippen LogP contribution in [0, 0.1) is 5.92 Å². The number of aromatic nitrogens is 2. The molecular formula is C9H18N4O3S. The van der Waals surface area contributed by atoms with Crippen LogP contribution >= 0.6 is 0 Å². The highest BCUT2D eigenvalue weighted by Crippen LogP contribution is 2.16. The normalized spacial score (nSPS) is 13.8. The molecule has 1 aromatic heterocycles. The van der Waals surface area contributed by atoms with Gasteiger partial charge in [-0.2, -0.15) is 13.5 Å². The molecule has 1 atom stereocenters. The van der Waals surface area contributed by atoms with Gasteiger partial charge in [-0.05, 0) is 18.8 Å². The first-order valence-electron chi connectivity index (χ1n) is 5.31. The number of rotatable bonds is 6. The monoisotopic (exact) mass is 262 g/mol. The van der Waals surface area contributed by atoms with E-state index in [0.29, 0.717) is 24.5 Å². The molecule has 1 aromatic rings. The summed E-state index contributed by atoms with van der Waals surface area (Å²) in [6, 6.07) is 0. The average Bonchev–Trinajstić information content (AvgIpc) is 2.53. The quantitative estimate of drug-likeness (QED) is 0.635. The van der Waals surface area contributed by atoms with Crippen LogP contribution in [0.25, 0.3) is 0 Å². The lowest BCUT2D eigenvalue weighted by Crippen LogP contribution is -2.12. The molecule has 1 heterocycles. The van der Waals surface area contributed by atoms with Gasteiger partial charge in [0.25, 0.3) is 10.1 Å². The number of hydrogen-bond acceptors (Lipinski definition) is 5. The fourth-order valence-electron chi connectivity index (χ4n) is 1.42. The van der Waals surface area contributed by atoms with E-state index < -0.39 is 10.1 Å². The Morgan fingerprint density at radius 1 is 1.47 bits per heavy atom. The largest absolute Gasteiger partial charge is 0.394 e. The molecule has 0 spiro atoms. The van der Waals surface area contributed by atoms with Crippen LogP contribution in [0.15, 0.2) is 6.20 Å². The van der Waals surface area contributed by atoms with Crippen molar-refractivity contribution in [2.24, 2.45) is 5.92 Å². The van der Waals surface area contributed by atoms with Gasteiger partial charge in [-0.25, -0.2) is 4.68 Å². The van der Waals surface area contributed by atoms with Crippen LogP contribution in [-0.4, -0.2) is 28.5 Å². The van der Waals surface area contributed by atoms with Crippen LogP contribution in [0.5, 0.6) is 0 Å². The maximum Gasteiger partial charge on any atom is 0.264 e. The van der Waals surface area contributed by atoms with Crippen LogP contribution in [0.1, 0.15) is 19.8 Å². The summed E-state index contributed by atoms with van der Waals surface area (Å²) in [5.41, 5.74) is 11.7. The molecule has 0 aromatic carbocycles. The molecule has 5 N–H and O–H groups in total. The van der Waals surface area contributed by atoms with E-state index in [1.165, 1.54) is 6.20 Å². The molecule has 7 nitrogen and oxygen atoms in total. The van der Waals surface area contributed by atoms with Crippen molar-refractivity contribution in [3.8, 4) is 0 Å². The summed E-state index contributed by atoms with van der Waals surface area (Å²) in [5, 5.41) is 4.00. The third-order valence-corrected chi connectivity index (χ3v) is 3.36. The molecule has 1 unspecified atom stereocenters. The summed E-state index contributed by atoms with van der Waals surface area (Å²) in [4.78, 5) is 0. The molecule has 1 rings (SSSR count). The predicted molar refractivity (Wildman–Crippen MR) is 65.9 cm³/mol. The number of nitrogens with two attached hydrogens (primary N) is 2. The predicted octanol–water partition coefficient (Wildman–Crippen LogP) is 0.352. The zero-order valence-electron chi connectivity index (χ0n) is 9.70. The lowest BCUT2D eigenvalue weighted by Gasteiger charge is -2.10. The van der Waals surface area contributed by atoms with E-state index in [0.717, 1.165) is 6.42 Å². The first-order chi connectivity index (χ1) is 7.79. The van der Waals surface area contributed by atoms with E-state index in [1.54, 1.807) is 4.68 Å². The molecule has 0 saturated carbocycles. The number of nitrogens with zero attached hydrogens (tertiary/aromatic N) is 2. The second-order valence-corrected chi connectivity index (χ2v) is 5.75. The third-order valence-electron chi connectivity index (χ3n) is 2.61. The molecule has 0 aliphatic carbocycles. The fraction of sp³-hybridized carbons (Fsp3) is 0.667. The van der Waals surface area contributed by atoms with E-state index in [-0.39, 0.29) is 11.7 Å². The molecule has 17 heavy (non-hydrogen) atoms. The van der Waals surface area contributed by atoms with Gasteiger partial charge in [0.2, 0.25) is 0 Å². The third kappa shape index (κ3) is 4.61. The van der Waals surface area contributed by atoms with Crippen molar-refractivity contribution in [1.82, 2.24) is 9.78 Å². The van der Waals surface area contributed by atoms with Crippen molar-refractivity contribution in [1.29, 1.82) is 0 Å². The van der Waals surface area contributed by atoms with Crippen LogP contribution in [0.3, 0.4) is 0 Å². The maximum atomic E-state index is 10.6. The number of hydrogen-bond donors (Lipinski definition) is 3. The molecule has 0 amide bonds. The van der Waals surface area contributed by atoms with Crippen LogP contribution in [-0.2, 0) is 16.7 Å². The minimum atomic E-state index is -3.87. The van der Waals surface area contributed by atoms with Gasteiger partial charge in [-0.1, -0.05) is 6.92 Å². The zero-order valence-corrected chi connectivity index (χ0v) is 10.5. The Hall–Kier alpha value is -1.28. The Morgan fingerprint density at radius 2 is 2.12 bits per heavy atom. The average molecular weight is 262 g/mol. The van der Waals surface area contributed by atoms with Crippen molar-refractivity contribution < 1.29 is 13.0 Å². The zero-order chi connectivity index (χ0) is 13.1. The van der Waals surface area contributed by atoms with Gasteiger partial charge in [-0.3, -0.25) is 4.55 Å². The van der Waals surface area contributed by atoms with Crippen LogP contribution in [0.2, 0.25) is 0 Å². The molecule has 0 saturated heterocycles. The Labute approximate surface area is 101 Å². The Bertz CT molecular complexity index is 469. The summed E-state index contributed by atoms with van der Waals surface area (Å²) < 4.78 is 31.3. The highest BCUT2D eigenvalue weighted by atomic mass is 32.2. The first-order valence-corrected chi connectivity index (χ1v) is 6.92. The Balaban J connectivity index is 2.38. The molecular weight excluding hydrogens is 244 g/mol. The second-order valence-electron chi connectivity index (χ2n) is 4.18. The molecule has 0 bridgehead atoms. The van der Waals surface area contributed by atoms with E-state index in [1.807, 2.05) is 6.92 Å². The van der Waals surface area contributed by atoms with Crippen LogP contribution in [0.4, 0.5) is 11.5 Å². The highest BCUT2D eigenvalue weighted by Gasteiger charge is 2.11. The SMILES string of the molecule is CC(CCn1ncc(N)c1N)CCS(=O)(=O)O. The molecule has 98 valence electrons. The summed E-state index contributed by atoms with van der Waals surface area (Å²) >= 11 is 0. The van der Waals surface area contributed by atoms with E-state index in [9.17, 15) is 8.42 Å². The fourth-order valence-corrected chi connectivity index (χ4v) is 2.12. The summed E-state index contributed by atoms with van der Waals surface area (Å²) in [6.07, 6.45) is 2.62. The number of anilines is 2. The first kappa shape index (κ1) is 13.8. The van der Waals surface area contributed by atoms with Crippen molar-refractivity contribution in [2.45, 2.75) is 26.3 Å². The van der Waals surface area contributed by atoms with Crippen molar-refractivity contribution in [3.63, 3.8) is 0 Å². The Morgan fingerprint density at radius 3 is 2.59 bits per heavy atom. The molecule has 0 aliphatic rings. The van der Waals surface area contributed by atoms with Crippen molar-refractivity contribution in [3.05, 3.63) is 6.20 Å². The topological polar surface area (TPSA) is 124 Å². The van der Waals surface area contributed by atoms with Gasteiger partial charge >= 0.3 is 0 Å². The minimum absolute atomic E-state index is 0.154. The lowest BCUT2D eigenvalue weighted by molar-refractivity contribution is 0.436. The maximum absolute atomic E-state index is 10.6. The summed E-state index contributed by atoms with van der Waals surface area (Å²) in [5.74, 6) is 0.360. The lowest BCUT2D eigenvalue weighted by atomic mass is 10.1. The molecule has 8 heteroatoms. The van der Waals surface area contributed by atoms with E-state index in [4.69, 9.17) is 16.0 Å². The second kappa shape index (κ2) is 5.37. The van der Waals surface area contributed by atoms with Crippen molar-refractivity contribution in [2.75, 3.05) is 17.2 Å². The molecule has 0 fully saturated rings. The Kier molecular flexibility index (Phi) is 4.35. The molecule has 0 radical (unpaired) electrons. The van der Waals surface area contributed by atoms with E-state index >= 15 is 0 Å². The van der Waals surface area contributed by atoms with Gasteiger partial charge in [0.15, 0.2) is 0 Å². The van der Waals surface area contributed by atoms with Crippen molar-refractivity contribution >= 4 is 21.6 Å². The van der Waals surface area contributed by atoms with Gasteiger partial charge in [0, 0.05) is 6.54 Å². The summed E-state index contributed by atoms with van der Waals surface area (Å²) in [7, 11) is -3.87. The van der Waals surface area contributed by atoms with Gasteiger partial charge in [-0.15, -0.1) is 0 Å². The van der Waals surface area contributed by atoms with Gasteiger partial charge in [0.05, 0.1) is 17.6 Å².